The van der Waals surface area contributed by atoms with Gasteiger partial charge in [0.15, 0.2) is 0 Å². The number of nitrogens with zero attached hydrogens (tertiary/aromatic N) is 2. The molecule has 0 saturated heterocycles. The van der Waals surface area contributed by atoms with Crippen LogP contribution >= 0.6 is 0 Å². The van der Waals surface area contributed by atoms with Crippen LogP contribution in [0.2, 0.25) is 0 Å². The van der Waals surface area contributed by atoms with Crippen LogP contribution in [0.3, 0.4) is 0 Å². The minimum atomic E-state index is -0.622. The summed E-state index contributed by atoms with van der Waals surface area (Å²) >= 11 is 0. The maximum Gasteiger partial charge on any atom is 0.255 e. The molecule has 1 heterocycles. The highest BCUT2D eigenvalue weighted by atomic mass is 16.2. The van der Waals surface area contributed by atoms with Gasteiger partial charge in [-0.15, -0.1) is 0 Å². The molecule has 1 unspecified atom stereocenters. The molecule has 0 aromatic heterocycles. The van der Waals surface area contributed by atoms with Crippen molar-refractivity contribution in [3.8, 4) is 0 Å². The van der Waals surface area contributed by atoms with Gasteiger partial charge in [0, 0.05) is 25.2 Å². The fourth-order valence-electron chi connectivity index (χ4n) is 3.57. The number of hydrogen-bond donors (Lipinski definition) is 1. The third-order valence-corrected chi connectivity index (χ3v) is 5.15. The summed E-state index contributed by atoms with van der Waals surface area (Å²) in [4.78, 5) is 29.9. The van der Waals surface area contributed by atoms with Gasteiger partial charge in [0.25, 0.3) is 5.91 Å². The van der Waals surface area contributed by atoms with Crippen molar-refractivity contribution in [2.45, 2.75) is 26.4 Å². The summed E-state index contributed by atoms with van der Waals surface area (Å²) in [5.74, 6) is -0.215. The van der Waals surface area contributed by atoms with Crippen LogP contribution in [0.1, 0.15) is 41.4 Å². The maximum atomic E-state index is 13.1. The van der Waals surface area contributed by atoms with Gasteiger partial charge >= 0.3 is 0 Å². The third-order valence-electron chi connectivity index (χ3n) is 5.15. The van der Waals surface area contributed by atoms with E-state index in [1.54, 1.807) is 4.90 Å². The lowest BCUT2D eigenvalue weighted by molar-refractivity contribution is -0.126. The fraction of sp³-hybridized carbons (Fsp3) is 0.364. The van der Waals surface area contributed by atoms with Crippen molar-refractivity contribution in [1.29, 1.82) is 0 Å². The van der Waals surface area contributed by atoms with Gasteiger partial charge in [-0.2, -0.15) is 0 Å². The molecule has 2 amide bonds. The number of nitrogens with one attached hydrogen (secondary N) is 1. The Morgan fingerprint density at radius 2 is 1.74 bits per heavy atom. The van der Waals surface area contributed by atoms with Crippen molar-refractivity contribution in [2.75, 3.05) is 26.2 Å². The predicted molar refractivity (Wildman–Crippen MR) is 106 cm³/mol. The molecule has 3 rings (SSSR count). The fourth-order valence-corrected chi connectivity index (χ4v) is 3.57. The Kier molecular flexibility index (Phi) is 6.24. The summed E-state index contributed by atoms with van der Waals surface area (Å²) in [6.07, 6.45) is 0. The number of rotatable bonds is 8. The Bertz CT molecular complexity index is 787. The van der Waals surface area contributed by atoms with E-state index in [4.69, 9.17) is 0 Å². The number of likely N-dealkylation sites (N-methyl/N-ethyl adjacent to an activating group) is 1. The minimum Gasteiger partial charge on any atom is -0.353 e. The van der Waals surface area contributed by atoms with Gasteiger partial charge in [-0.25, -0.2) is 0 Å². The average molecular weight is 365 g/mol. The first-order valence-electron chi connectivity index (χ1n) is 9.59. The normalized spacial score (nSPS) is 14.3. The van der Waals surface area contributed by atoms with Crippen LogP contribution in [-0.2, 0) is 11.3 Å². The summed E-state index contributed by atoms with van der Waals surface area (Å²) < 4.78 is 0. The highest BCUT2D eigenvalue weighted by molar-refractivity contribution is 6.01. The SMILES string of the molecule is CCN(CC)CCNC(=O)C(c1ccccc1)N1Cc2ccccc2C1=O. The van der Waals surface area contributed by atoms with Crippen molar-refractivity contribution in [1.82, 2.24) is 15.1 Å². The number of carbonyl (C=O) groups excluding carboxylic acids is 2. The summed E-state index contributed by atoms with van der Waals surface area (Å²) in [6, 6.07) is 16.5. The van der Waals surface area contributed by atoms with Crippen LogP contribution in [0.5, 0.6) is 0 Å². The number of hydrogen-bond acceptors (Lipinski definition) is 3. The Hall–Kier alpha value is -2.66. The van der Waals surface area contributed by atoms with Gasteiger partial charge in [-0.3, -0.25) is 9.59 Å². The third kappa shape index (κ3) is 4.19. The lowest BCUT2D eigenvalue weighted by Crippen LogP contribution is -2.43. The standard InChI is InChI=1S/C22H27N3O2/c1-3-24(4-2)15-14-23-21(26)20(17-10-6-5-7-11-17)25-16-18-12-8-9-13-19(18)22(25)27/h5-13,20H,3-4,14-16H2,1-2H3,(H,23,26). The molecule has 0 saturated carbocycles. The Morgan fingerprint density at radius 3 is 2.41 bits per heavy atom. The molecule has 1 aliphatic heterocycles. The molecule has 27 heavy (non-hydrogen) atoms. The van der Waals surface area contributed by atoms with Crippen molar-refractivity contribution < 1.29 is 9.59 Å². The number of carbonyl (C=O) groups is 2. The first-order valence-corrected chi connectivity index (χ1v) is 9.59. The minimum absolute atomic E-state index is 0.0849. The van der Waals surface area contributed by atoms with E-state index >= 15 is 0 Å². The van der Waals surface area contributed by atoms with Crippen LogP contribution in [-0.4, -0.2) is 47.8 Å². The van der Waals surface area contributed by atoms with Crippen molar-refractivity contribution >= 4 is 11.8 Å². The Morgan fingerprint density at radius 1 is 1.07 bits per heavy atom. The first-order chi connectivity index (χ1) is 13.2. The second-order valence-corrected chi connectivity index (χ2v) is 6.72. The summed E-state index contributed by atoms with van der Waals surface area (Å²) in [6.45, 7) is 7.95. The van der Waals surface area contributed by atoms with Crippen LogP contribution in [0.4, 0.5) is 0 Å². The molecule has 5 heteroatoms. The lowest BCUT2D eigenvalue weighted by Gasteiger charge is -2.28. The zero-order valence-corrected chi connectivity index (χ0v) is 16.0. The van der Waals surface area contributed by atoms with Gasteiger partial charge in [-0.05, 0) is 30.3 Å². The largest absolute Gasteiger partial charge is 0.353 e. The predicted octanol–water partition coefficient (Wildman–Crippen LogP) is 2.84. The number of amides is 2. The maximum absolute atomic E-state index is 13.1. The smallest absolute Gasteiger partial charge is 0.255 e. The first kappa shape index (κ1) is 19.1. The monoisotopic (exact) mass is 365 g/mol. The molecule has 1 atom stereocenters. The molecular weight excluding hydrogens is 338 g/mol. The Labute approximate surface area is 161 Å². The van der Waals surface area contributed by atoms with Gasteiger partial charge in [0.1, 0.15) is 6.04 Å². The van der Waals surface area contributed by atoms with E-state index in [-0.39, 0.29) is 11.8 Å². The molecule has 0 fully saturated rings. The van der Waals surface area contributed by atoms with Crippen LogP contribution in [0.15, 0.2) is 54.6 Å². The van der Waals surface area contributed by atoms with E-state index in [2.05, 4.69) is 24.1 Å². The van der Waals surface area contributed by atoms with Crippen LogP contribution in [0.25, 0.3) is 0 Å². The topological polar surface area (TPSA) is 52.7 Å². The average Bonchev–Trinajstić information content (AvgIpc) is 3.03. The second kappa shape index (κ2) is 8.82. The van der Waals surface area contributed by atoms with Crippen molar-refractivity contribution in [2.24, 2.45) is 0 Å². The van der Waals surface area contributed by atoms with Gasteiger partial charge < -0.3 is 15.1 Å². The molecule has 0 aliphatic carbocycles. The van der Waals surface area contributed by atoms with Gasteiger partial charge in [0.05, 0.1) is 0 Å². The number of fused-ring (bicyclic) bond motifs is 1. The highest BCUT2D eigenvalue weighted by Gasteiger charge is 2.36. The van der Waals surface area contributed by atoms with Crippen LogP contribution < -0.4 is 5.32 Å². The summed E-state index contributed by atoms with van der Waals surface area (Å²) in [5, 5.41) is 3.03. The molecular formula is C22H27N3O2. The van der Waals surface area contributed by atoms with E-state index in [1.807, 2.05) is 54.6 Å². The molecule has 1 aliphatic rings. The molecule has 142 valence electrons. The van der Waals surface area contributed by atoms with E-state index in [0.29, 0.717) is 18.7 Å². The summed E-state index contributed by atoms with van der Waals surface area (Å²) in [5.41, 5.74) is 2.49. The van der Waals surface area contributed by atoms with Gasteiger partial charge in [0.2, 0.25) is 5.91 Å². The Balaban J connectivity index is 1.79. The van der Waals surface area contributed by atoms with E-state index in [0.717, 1.165) is 30.8 Å². The molecule has 2 aromatic rings. The van der Waals surface area contributed by atoms with Crippen LogP contribution in [0, 0.1) is 0 Å². The van der Waals surface area contributed by atoms with E-state index in [9.17, 15) is 9.59 Å². The number of benzene rings is 2. The van der Waals surface area contributed by atoms with Gasteiger partial charge in [-0.1, -0.05) is 62.4 Å². The molecule has 0 bridgehead atoms. The zero-order chi connectivity index (χ0) is 19.2. The molecule has 2 aromatic carbocycles. The van der Waals surface area contributed by atoms with Crippen molar-refractivity contribution in [3.05, 3.63) is 71.3 Å². The molecule has 0 radical (unpaired) electrons. The summed E-state index contributed by atoms with van der Waals surface area (Å²) in [7, 11) is 0. The lowest BCUT2D eigenvalue weighted by atomic mass is 10.0. The van der Waals surface area contributed by atoms with Crippen molar-refractivity contribution in [3.63, 3.8) is 0 Å². The molecule has 5 nitrogen and oxygen atoms in total. The second-order valence-electron chi connectivity index (χ2n) is 6.72. The zero-order valence-electron chi connectivity index (χ0n) is 16.0. The molecule has 1 N–H and O–H groups in total. The van der Waals surface area contributed by atoms with E-state index < -0.39 is 6.04 Å². The molecule has 0 spiro atoms. The van der Waals surface area contributed by atoms with E-state index in [1.165, 1.54) is 0 Å². The highest BCUT2D eigenvalue weighted by Crippen LogP contribution is 2.31. The quantitative estimate of drug-likeness (QED) is 0.783.